The van der Waals surface area contributed by atoms with Crippen molar-refractivity contribution in [3.63, 3.8) is 0 Å². The molecule has 1 amide bonds. The molecule has 0 unspecified atom stereocenters. The predicted molar refractivity (Wildman–Crippen MR) is 96.3 cm³/mol. The van der Waals surface area contributed by atoms with E-state index in [1.807, 2.05) is 20.8 Å². The van der Waals surface area contributed by atoms with E-state index in [1.54, 1.807) is 29.6 Å². The lowest BCUT2D eigenvalue weighted by Crippen LogP contribution is -2.33. The highest BCUT2D eigenvalue weighted by molar-refractivity contribution is 5.93. The van der Waals surface area contributed by atoms with Crippen LogP contribution in [0.3, 0.4) is 0 Å². The Kier molecular flexibility index (Phi) is 4.26. The van der Waals surface area contributed by atoms with E-state index in [1.165, 1.54) is 6.20 Å². The van der Waals surface area contributed by atoms with Crippen molar-refractivity contribution < 1.29 is 9.32 Å². The third-order valence-electron chi connectivity index (χ3n) is 3.70. The molecule has 10 heteroatoms. The zero-order valence-corrected chi connectivity index (χ0v) is 15.3. The highest BCUT2D eigenvalue weighted by atomic mass is 16.5. The van der Waals surface area contributed by atoms with E-state index in [0.29, 0.717) is 22.6 Å². The Morgan fingerprint density at radius 1 is 1.42 bits per heavy atom. The van der Waals surface area contributed by atoms with E-state index in [2.05, 4.69) is 25.5 Å². The Balaban J connectivity index is 1.85. The third kappa shape index (κ3) is 3.44. The molecule has 0 aliphatic carbocycles. The number of likely N-dealkylation sites (N-methyl/N-ethyl adjacent to an activating group) is 1. The fourth-order valence-corrected chi connectivity index (χ4v) is 2.48. The molecule has 0 saturated heterocycles. The lowest BCUT2D eigenvalue weighted by atomic mass is 10.1. The number of nitrogens with one attached hydrogen (secondary N) is 2. The van der Waals surface area contributed by atoms with Gasteiger partial charge in [0.15, 0.2) is 11.5 Å². The van der Waals surface area contributed by atoms with Crippen molar-refractivity contribution >= 4 is 28.7 Å². The molecular weight excluding hydrogens is 338 g/mol. The largest absolute Gasteiger partial charge is 0.360 e. The summed E-state index contributed by atoms with van der Waals surface area (Å²) in [6.07, 6.45) is 1.50. The van der Waals surface area contributed by atoms with Gasteiger partial charge in [-0.3, -0.25) is 14.6 Å². The van der Waals surface area contributed by atoms with Crippen LogP contribution in [-0.2, 0) is 10.3 Å². The van der Waals surface area contributed by atoms with Crippen LogP contribution in [0.2, 0.25) is 0 Å². The number of hydrogen-bond acceptors (Lipinski definition) is 7. The van der Waals surface area contributed by atoms with Crippen LogP contribution in [0.25, 0.3) is 11.0 Å². The first-order valence-corrected chi connectivity index (χ1v) is 8.08. The van der Waals surface area contributed by atoms with Gasteiger partial charge < -0.3 is 14.7 Å². The minimum Gasteiger partial charge on any atom is -0.360 e. The van der Waals surface area contributed by atoms with Crippen molar-refractivity contribution in [3.8, 4) is 0 Å². The van der Waals surface area contributed by atoms with Gasteiger partial charge in [0.25, 0.3) is 5.56 Å². The molecule has 0 saturated carbocycles. The van der Waals surface area contributed by atoms with Crippen LogP contribution in [0.4, 0.5) is 11.8 Å². The average Bonchev–Trinajstić information content (AvgIpc) is 3.13. The molecule has 3 aromatic heterocycles. The van der Waals surface area contributed by atoms with Crippen LogP contribution in [0, 0.1) is 6.92 Å². The van der Waals surface area contributed by atoms with Gasteiger partial charge in [-0.1, -0.05) is 5.16 Å². The fourth-order valence-electron chi connectivity index (χ4n) is 2.48. The van der Waals surface area contributed by atoms with Crippen LogP contribution < -0.4 is 15.8 Å². The number of aromatic nitrogens is 5. The van der Waals surface area contributed by atoms with Crippen molar-refractivity contribution in [3.05, 3.63) is 28.4 Å². The summed E-state index contributed by atoms with van der Waals surface area (Å²) < 4.78 is 6.59. The number of H-pyrrole nitrogens is 1. The Labute approximate surface area is 149 Å². The number of hydrogen-bond donors (Lipinski definition) is 2. The molecule has 26 heavy (non-hydrogen) atoms. The molecule has 0 radical (unpaired) electrons. The summed E-state index contributed by atoms with van der Waals surface area (Å²) in [6, 6.07) is 1.62. The Morgan fingerprint density at radius 2 is 2.15 bits per heavy atom. The van der Waals surface area contributed by atoms with E-state index in [0.717, 1.165) is 0 Å². The van der Waals surface area contributed by atoms with Gasteiger partial charge in [0, 0.05) is 13.1 Å². The molecule has 0 aliphatic heterocycles. The van der Waals surface area contributed by atoms with Gasteiger partial charge in [0.2, 0.25) is 11.9 Å². The summed E-state index contributed by atoms with van der Waals surface area (Å²) in [7, 11) is 1.66. The number of nitrogens with zero attached hydrogens (tertiary/aromatic N) is 5. The van der Waals surface area contributed by atoms with Gasteiger partial charge in [0.05, 0.1) is 18.3 Å². The lowest BCUT2D eigenvalue weighted by Gasteiger charge is -2.21. The summed E-state index contributed by atoms with van der Waals surface area (Å²) in [5.41, 5.74) is -0.170. The Bertz CT molecular complexity index is 1010. The van der Waals surface area contributed by atoms with E-state index < -0.39 is 0 Å². The summed E-state index contributed by atoms with van der Waals surface area (Å²) in [5.74, 6) is 0.900. The zero-order chi connectivity index (χ0) is 19.1. The Morgan fingerprint density at radius 3 is 2.77 bits per heavy atom. The third-order valence-corrected chi connectivity index (χ3v) is 3.70. The van der Waals surface area contributed by atoms with Crippen LogP contribution in [0.5, 0.6) is 0 Å². The van der Waals surface area contributed by atoms with Crippen LogP contribution in [0.15, 0.2) is 21.6 Å². The highest BCUT2D eigenvalue weighted by Crippen LogP contribution is 2.19. The summed E-state index contributed by atoms with van der Waals surface area (Å²) >= 11 is 0. The lowest BCUT2D eigenvalue weighted by molar-refractivity contribution is -0.115. The molecule has 138 valence electrons. The van der Waals surface area contributed by atoms with Gasteiger partial charge in [-0.25, -0.2) is 4.68 Å². The standard InChI is InChI=1S/C16H21N7O3/c1-9-6-11(21-26-9)18-12(24)8-22(5)15-19-13-10(14(25)20-15)7-17-23(13)16(2,3)4/h6-7H,8H2,1-5H3,(H,18,21,24)(H,19,20,25). The maximum Gasteiger partial charge on any atom is 0.263 e. The van der Waals surface area contributed by atoms with Gasteiger partial charge in [0.1, 0.15) is 11.1 Å². The molecular formula is C16H21N7O3. The molecule has 2 N–H and O–H groups in total. The molecule has 0 atom stereocenters. The summed E-state index contributed by atoms with van der Waals surface area (Å²) in [5, 5.41) is 11.0. The number of carbonyl (C=O) groups is 1. The number of rotatable bonds is 4. The highest BCUT2D eigenvalue weighted by Gasteiger charge is 2.21. The number of carbonyl (C=O) groups excluding carboxylic acids is 1. The van der Waals surface area contributed by atoms with E-state index in [9.17, 15) is 9.59 Å². The van der Waals surface area contributed by atoms with Crippen LogP contribution in [-0.4, -0.2) is 44.4 Å². The zero-order valence-electron chi connectivity index (χ0n) is 15.3. The average molecular weight is 359 g/mol. The summed E-state index contributed by atoms with van der Waals surface area (Å²) in [4.78, 5) is 33.2. The quantitative estimate of drug-likeness (QED) is 0.719. The van der Waals surface area contributed by atoms with Crippen LogP contribution in [0.1, 0.15) is 26.5 Å². The smallest absolute Gasteiger partial charge is 0.263 e. The second-order valence-corrected chi connectivity index (χ2v) is 7.08. The minimum atomic E-state index is -0.333. The first-order valence-electron chi connectivity index (χ1n) is 8.08. The molecule has 0 aromatic carbocycles. The predicted octanol–water partition coefficient (Wildman–Crippen LogP) is 1.25. The van der Waals surface area contributed by atoms with E-state index >= 15 is 0 Å². The first kappa shape index (κ1) is 17.6. The van der Waals surface area contributed by atoms with Crippen molar-refractivity contribution in [1.82, 2.24) is 24.9 Å². The van der Waals surface area contributed by atoms with Crippen molar-refractivity contribution in [1.29, 1.82) is 0 Å². The van der Waals surface area contributed by atoms with Gasteiger partial charge in [-0.15, -0.1) is 0 Å². The van der Waals surface area contributed by atoms with Crippen molar-refractivity contribution in [2.45, 2.75) is 33.2 Å². The van der Waals surface area contributed by atoms with Crippen molar-refractivity contribution in [2.75, 3.05) is 23.8 Å². The molecule has 3 heterocycles. The number of amides is 1. The SMILES string of the molecule is Cc1cc(NC(=O)CN(C)c2nc3c(cnn3C(C)(C)C)c(=O)[nH]2)no1. The molecule has 0 bridgehead atoms. The maximum absolute atomic E-state index is 12.3. The molecule has 3 aromatic rings. The number of anilines is 2. The number of aryl methyl sites for hydroxylation is 1. The van der Waals surface area contributed by atoms with Gasteiger partial charge in [-0.05, 0) is 27.7 Å². The van der Waals surface area contributed by atoms with E-state index in [-0.39, 0.29) is 29.5 Å². The van der Waals surface area contributed by atoms with Gasteiger partial charge in [-0.2, -0.15) is 10.1 Å². The maximum atomic E-state index is 12.3. The molecule has 0 spiro atoms. The first-order chi connectivity index (χ1) is 12.1. The van der Waals surface area contributed by atoms with Gasteiger partial charge >= 0.3 is 0 Å². The van der Waals surface area contributed by atoms with Crippen LogP contribution >= 0.6 is 0 Å². The number of aromatic amines is 1. The number of fused-ring (bicyclic) bond motifs is 1. The second kappa shape index (κ2) is 6.28. The Hall–Kier alpha value is -3.17. The minimum absolute atomic E-state index is 0.0238. The van der Waals surface area contributed by atoms with E-state index in [4.69, 9.17) is 4.52 Å². The molecule has 0 aliphatic rings. The molecule has 10 nitrogen and oxygen atoms in total. The molecule has 3 rings (SSSR count). The topological polar surface area (TPSA) is 122 Å². The fraction of sp³-hybridized carbons (Fsp3) is 0.438. The molecule has 0 fully saturated rings. The summed E-state index contributed by atoms with van der Waals surface area (Å²) in [6.45, 7) is 7.62. The van der Waals surface area contributed by atoms with Crippen molar-refractivity contribution in [2.24, 2.45) is 0 Å². The second-order valence-electron chi connectivity index (χ2n) is 7.08. The monoisotopic (exact) mass is 359 g/mol. The normalized spacial score (nSPS) is 11.7.